The fourth-order valence-electron chi connectivity index (χ4n) is 3.14. The molecule has 0 spiro atoms. The second kappa shape index (κ2) is 8.92. The third-order valence-electron chi connectivity index (χ3n) is 4.60. The maximum atomic E-state index is 12.9. The van der Waals surface area contributed by atoms with Gasteiger partial charge in [0.15, 0.2) is 0 Å². The van der Waals surface area contributed by atoms with Crippen LogP contribution >= 0.6 is 0 Å². The Hall–Kier alpha value is -1.55. The quantitative estimate of drug-likeness (QED) is 0.800. The van der Waals surface area contributed by atoms with Crippen molar-refractivity contribution in [3.63, 3.8) is 0 Å². The van der Waals surface area contributed by atoms with Crippen molar-refractivity contribution in [3.8, 4) is 0 Å². The van der Waals surface area contributed by atoms with Crippen LogP contribution in [0.15, 0.2) is 24.3 Å². The van der Waals surface area contributed by atoms with E-state index in [1.165, 1.54) is 18.5 Å². The van der Waals surface area contributed by atoms with Gasteiger partial charge >= 0.3 is 0 Å². The Morgan fingerprint density at radius 1 is 1.17 bits per heavy atom. The lowest BCUT2D eigenvalue weighted by molar-refractivity contribution is 0.0692. The van der Waals surface area contributed by atoms with Gasteiger partial charge < -0.3 is 15.1 Å². The Balaban J connectivity index is 2.05. The van der Waals surface area contributed by atoms with Crippen LogP contribution in [0.5, 0.6) is 0 Å². The number of amides is 1. The van der Waals surface area contributed by atoms with Crippen molar-refractivity contribution in [1.29, 1.82) is 0 Å². The number of benzene rings is 1. The molecular formula is C19H31N3O. The van der Waals surface area contributed by atoms with Crippen molar-refractivity contribution < 1.29 is 4.79 Å². The van der Waals surface area contributed by atoms with Crippen LogP contribution in [0, 0.1) is 0 Å². The van der Waals surface area contributed by atoms with Crippen LogP contribution in [0.3, 0.4) is 0 Å². The summed E-state index contributed by atoms with van der Waals surface area (Å²) in [7, 11) is 2.11. The first-order valence-electron chi connectivity index (χ1n) is 9.00. The fraction of sp³-hybridized carbons (Fsp3) is 0.632. The molecule has 1 atom stereocenters. The molecule has 1 N–H and O–H groups in total. The van der Waals surface area contributed by atoms with Crippen molar-refractivity contribution in [3.05, 3.63) is 29.8 Å². The van der Waals surface area contributed by atoms with E-state index in [0.29, 0.717) is 6.04 Å². The lowest BCUT2D eigenvalue weighted by Gasteiger charge is -2.28. The maximum absolute atomic E-state index is 12.9. The highest BCUT2D eigenvalue weighted by atomic mass is 16.2. The second-order valence-corrected chi connectivity index (χ2v) is 6.47. The monoisotopic (exact) mass is 317 g/mol. The molecule has 23 heavy (non-hydrogen) atoms. The molecule has 128 valence electrons. The van der Waals surface area contributed by atoms with Crippen LogP contribution < -0.4 is 10.2 Å². The van der Waals surface area contributed by atoms with Crippen molar-refractivity contribution in [2.45, 2.75) is 45.6 Å². The van der Waals surface area contributed by atoms with Crippen LogP contribution in [0.4, 0.5) is 5.69 Å². The first-order valence-corrected chi connectivity index (χ1v) is 9.00. The molecule has 0 saturated carbocycles. The molecule has 1 fully saturated rings. The molecule has 2 rings (SSSR count). The summed E-state index contributed by atoms with van der Waals surface area (Å²) in [5.41, 5.74) is 1.98. The zero-order valence-corrected chi connectivity index (χ0v) is 14.8. The van der Waals surface area contributed by atoms with Gasteiger partial charge in [0.2, 0.25) is 0 Å². The third kappa shape index (κ3) is 4.71. The highest BCUT2D eigenvalue weighted by molar-refractivity contribution is 5.94. The number of rotatable bonds is 8. The second-order valence-electron chi connectivity index (χ2n) is 6.47. The normalized spacial score (nSPS) is 17.3. The Labute approximate surface area is 140 Å². The van der Waals surface area contributed by atoms with E-state index in [4.69, 9.17) is 0 Å². The van der Waals surface area contributed by atoms with E-state index in [1.54, 1.807) is 0 Å². The predicted molar refractivity (Wildman–Crippen MR) is 97.2 cm³/mol. The Morgan fingerprint density at radius 2 is 1.91 bits per heavy atom. The lowest BCUT2D eigenvalue weighted by Crippen LogP contribution is -2.42. The van der Waals surface area contributed by atoms with Gasteiger partial charge in [-0.1, -0.05) is 20.3 Å². The zero-order valence-electron chi connectivity index (χ0n) is 14.8. The summed E-state index contributed by atoms with van der Waals surface area (Å²) in [5, 5.41) is 3.36. The highest BCUT2D eigenvalue weighted by Crippen LogP contribution is 2.18. The van der Waals surface area contributed by atoms with Crippen molar-refractivity contribution in [1.82, 2.24) is 10.2 Å². The lowest BCUT2D eigenvalue weighted by atomic mass is 10.1. The zero-order chi connectivity index (χ0) is 16.7. The van der Waals surface area contributed by atoms with E-state index in [0.717, 1.165) is 44.6 Å². The summed E-state index contributed by atoms with van der Waals surface area (Å²) in [6.45, 7) is 8.16. The molecule has 1 unspecified atom stereocenters. The van der Waals surface area contributed by atoms with Gasteiger partial charge in [-0.3, -0.25) is 4.79 Å². The largest absolute Gasteiger partial charge is 0.375 e. The first-order chi connectivity index (χ1) is 11.2. The van der Waals surface area contributed by atoms with Gasteiger partial charge in [-0.25, -0.2) is 0 Å². The van der Waals surface area contributed by atoms with Gasteiger partial charge in [-0.2, -0.15) is 0 Å². The SMILES string of the molecule is CCCCN(C)c1ccc(C(=O)N(CCC)C2CCNC2)cc1. The van der Waals surface area contributed by atoms with Gasteiger partial charge in [0.05, 0.1) is 0 Å². The van der Waals surface area contributed by atoms with Gasteiger partial charge in [-0.15, -0.1) is 0 Å². The van der Waals surface area contributed by atoms with Gasteiger partial charge in [0.25, 0.3) is 5.91 Å². The van der Waals surface area contributed by atoms with E-state index in [1.807, 2.05) is 12.1 Å². The standard InChI is InChI=1S/C19H31N3O/c1-4-6-14-21(3)17-9-7-16(8-10-17)19(23)22(13-5-2)18-11-12-20-15-18/h7-10,18,20H,4-6,11-15H2,1-3H3. The molecule has 0 aromatic heterocycles. The summed E-state index contributed by atoms with van der Waals surface area (Å²) in [5.74, 6) is 0.170. The number of hydrogen-bond donors (Lipinski definition) is 1. The maximum Gasteiger partial charge on any atom is 0.254 e. The minimum Gasteiger partial charge on any atom is -0.375 e. The molecule has 0 aliphatic carbocycles. The van der Waals surface area contributed by atoms with Gasteiger partial charge in [0.1, 0.15) is 0 Å². The Kier molecular flexibility index (Phi) is 6.90. The number of hydrogen-bond acceptors (Lipinski definition) is 3. The molecular weight excluding hydrogens is 286 g/mol. The summed E-state index contributed by atoms with van der Waals surface area (Å²) < 4.78 is 0. The van der Waals surface area contributed by atoms with Gasteiger partial charge in [-0.05, 0) is 50.1 Å². The molecule has 1 amide bonds. The average Bonchev–Trinajstić information content (AvgIpc) is 3.11. The number of nitrogens with zero attached hydrogens (tertiary/aromatic N) is 2. The van der Waals surface area contributed by atoms with E-state index in [9.17, 15) is 4.79 Å². The van der Waals surface area contributed by atoms with Crippen molar-refractivity contribution in [2.75, 3.05) is 38.1 Å². The molecule has 1 saturated heterocycles. The number of anilines is 1. The molecule has 1 aliphatic heterocycles. The number of carbonyl (C=O) groups is 1. The average molecular weight is 317 g/mol. The smallest absolute Gasteiger partial charge is 0.254 e. The summed E-state index contributed by atoms with van der Waals surface area (Å²) >= 11 is 0. The molecule has 1 aromatic carbocycles. The molecule has 4 nitrogen and oxygen atoms in total. The van der Waals surface area contributed by atoms with Crippen LogP contribution in [0.2, 0.25) is 0 Å². The first kappa shape index (κ1) is 17.8. The van der Waals surface area contributed by atoms with E-state index in [2.05, 4.69) is 48.1 Å². The summed E-state index contributed by atoms with van der Waals surface area (Å²) in [6.07, 6.45) is 4.45. The Morgan fingerprint density at radius 3 is 2.48 bits per heavy atom. The minimum atomic E-state index is 0.170. The number of unbranched alkanes of at least 4 members (excludes halogenated alkanes) is 1. The van der Waals surface area contributed by atoms with Crippen LogP contribution in [-0.4, -0.2) is 50.1 Å². The van der Waals surface area contributed by atoms with Crippen molar-refractivity contribution >= 4 is 11.6 Å². The Bertz CT molecular complexity index is 480. The third-order valence-corrected chi connectivity index (χ3v) is 4.60. The van der Waals surface area contributed by atoms with Crippen molar-refractivity contribution in [2.24, 2.45) is 0 Å². The molecule has 0 radical (unpaired) electrons. The number of carbonyl (C=O) groups excluding carboxylic acids is 1. The molecule has 1 aliphatic rings. The highest BCUT2D eigenvalue weighted by Gasteiger charge is 2.26. The fourth-order valence-corrected chi connectivity index (χ4v) is 3.14. The number of nitrogens with one attached hydrogen (secondary N) is 1. The van der Waals surface area contributed by atoms with Gasteiger partial charge in [0, 0.05) is 44.0 Å². The summed E-state index contributed by atoms with van der Waals surface area (Å²) in [6, 6.07) is 8.44. The summed E-state index contributed by atoms with van der Waals surface area (Å²) in [4.78, 5) is 17.2. The molecule has 4 heteroatoms. The van der Waals surface area contributed by atoms with E-state index >= 15 is 0 Å². The molecule has 0 bridgehead atoms. The van der Waals surface area contributed by atoms with Crippen LogP contribution in [-0.2, 0) is 0 Å². The van der Waals surface area contributed by atoms with E-state index in [-0.39, 0.29) is 5.91 Å². The topological polar surface area (TPSA) is 35.6 Å². The molecule has 1 aromatic rings. The molecule has 1 heterocycles. The minimum absolute atomic E-state index is 0.170. The van der Waals surface area contributed by atoms with Crippen LogP contribution in [0.1, 0.15) is 49.9 Å². The van der Waals surface area contributed by atoms with Crippen LogP contribution in [0.25, 0.3) is 0 Å². The van der Waals surface area contributed by atoms with E-state index < -0.39 is 0 Å². The predicted octanol–water partition coefficient (Wildman–Crippen LogP) is 3.14.